The number of thiazole rings is 1. The maximum absolute atomic E-state index is 12.5. The Morgan fingerprint density at radius 1 is 1.48 bits per heavy atom. The fourth-order valence-electron chi connectivity index (χ4n) is 2.56. The van der Waals surface area contributed by atoms with E-state index in [1.165, 1.54) is 11.3 Å². The van der Waals surface area contributed by atoms with Gasteiger partial charge in [-0.15, -0.1) is 11.3 Å². The van der Waals surface area contributed by atoms with Crippen LogP contribution in [0.2, 0.25) is 5.02 Å². The Labute approximate surface area is 143 Å². The summed E-state index contributed by atoms with van der Waals surface area (Å²) in [5, 5.41) is 3.28. The molecule has 1 saturated heterocycles. The first-order valence-electron chi connectivity index (χ1n) is 7.35. The Kier molecular flexibility index (Phi) is 4.63. The summed E-state index contributed by atoms with van der Waals surface area (Å²) in [7, 11) is 0. The highest BCUT2D eigenvalue weighted by Crippen LogP contribution is 2.27. The second-order valence-corrected chi connectivity index (χ2v) is 6.74. The number of benzene rings is 1. The van der Waals surface area contributed by atoms with Crippen LogP contribution in [0.15, 0.2) is 29.9 Å². The lowest BCUT2D eigenvalue weighted by atomic mass is 10.1. The number of halogens is 1. The van der Waals surface area contributed by atoms with E-state index in [1.54, 1.807) is 34.8 Å². The molecular weight excluding hydrogens is 334 g/mol. The van der Waals surface area contributed by atoms with Crippen LogP contribution in [0.3, 0.4) is 0 Å². The van der Waals surface area contributed by atoms with Crippen LogP contribution >= 0.6 is 22.9 Å². The van der Waals surface area contributed by atoms with Crippen LogP contribution in [-0.2, 0) is 4.79 Å². The van der Waals surface area contributed by atoms with Crippen molar-refractivity contribution in [2.24, 2.45) is 0 Å². The molecule has 2 aromatic rings. The van der Waals surface area contributed by atoms with Crippen molar-refractivity contribution in [1.29, 1.82) is 0 Å². The molecule has 0 saturated carbocycles. The number of carbonyl (C=O) groups is 2. The second-order valence-electron chi connectivity index (χ2n) is 5.41. The number of carbonyl (C=O) groups excluding carboxylic acids is 2. The van der Waals surface area contributed by atoms with E-state index in [0.29, 0.717) is 29.2 Å². The molecule has 5 nitrogen and oxygen atoms in total. The Bertz CT molecular complexity index is 733. The highest BCUT2D eigenvalue weighted by atomic mass is 35.5. The van der Waals surface area contributed by atoms with E-state index >= 15 is 0 Å². The van der Waals surface area contributed by atoms with E-state index < -0.39 is 0 Å². The molecular formula is C16H16ClN3O2S. The van der Waals surface area contributed by atoms with E-state index in [4.69, 9.17) is 11.6 Å². The topological polar surface area (TPSA) is 62.3 Å². The van der Waals surface area contributed by atoms with Gasteiger partial charge in [0.15, 0.2) is 0 Å². The lowest BCUT2D eigenvalue weighted by Gasteiger charge is -2.18. The van der Waals surface area contributed by atoms with E-state index in [9.17, 15) is 9.59 Å². The minimum Gasteiger partial charge on any atom is -0.345 e. The van der Waals surface area contributed by atoms with Crippen molar-refractivity contribution in [3.05, 3.63) is 45.4 Å². The summed E-state index contributed by atoms with van der Waals surface area (Å²) in [5.74, 6) is -0.180. The van der Waals surface area contributed by atoms with Crippen LogP contribution in [0.1, 0.15) is 41.0 Å². The molecule has 0 spiro atoms. The molecule has 1 aliphatic rings. The Balaban J connectivity index is 1.81. The molecule has 2 amide bonds. The summed E-state index contributed by atoms with van der Waals surface area (Å²) in [6, 6.07) is 4.97. The third kappa shape index (κ3) is 3.38. The third-order valence-corrected chi connectivity index (χ3v) is 5.09. The highest BCUT2D eigenvalue weighted by Gasteiger charge is 2.23. The number of rotatable bonds is 4. The van der Waals surface area contributed by atoms with Gasteiger partial charge in [-0.3, -0.25) is 14.6 Å². The number of amides is 2. The molecule has 0 radical (unpaired) electrons. The molecule has 1 fully saturated rings. The minimum atomic E-state index is -0.260. The van der Waals surface area contributed by atoms with Crippen LogP contribution in [0.25, 0.3) is 0 Å². The van der Waals surface area contributed by atoms with Gasteiger partial charge in [-0.1, -0.05) is 11.6 Å². The number of aromatic nitrogens is 1. The quantitative estimate of drug-likeness (QED) is 0.920. The van der Waals surface area contributed by atoms with Crippen LogP contribution < -0.4 is 10.2 Å². The molecule has 1 aromatic heterocycles. The SMILES string of the molecule is CC(NC(=O)c1cc(N2CCCC2=O)ccc1Cl)c1cncs1. The van der Waals surface area contributed by atoms with Crippen molar-refractivity contribution in [2.75, 3.05) is 11.4 Å². The molecule has 1 aliphatic heterocycles. The van der Waals surface area contributed by atoms with Gasteiger partial charge < -0.3 is 10.2 Å². The molecule has 23 heavy (non-hydrogen) atoms. The van der Waals surface area contributed by atoms with Gasteiger partial charge in [0.25, 0.3) is 5.91 Å². The number of nitrogens with zero attached hydrogens (tertiary/aromatic N) is 2. The number of anilines is 1. The smallest absolute Gasteiger partial charge is 0.253 e. The summed E-state index contributed by atoms with van der Waals surface area (Å²) in [4.78, 5) is 31.0. The predicted molar refractivity (Wildman–Crippen MR) is 91.0 cm³/mol. The van der Waals surface area contributed by atoms with E-state index in [0.717, 1.165) is 11.3 Å². The van der Waals surface area contributed by atoms with Gasteiger partial charge in [0, 0.05) is 29.7 Å². The largest absolute Gasteiger partial charge is 0.345 e. The highest BCUT2D eigenvalue weighted by molar-refractivity contribution is 7.09. The van der Waals surface area contributed by atoms with Crippen molar-refractivity contribution in [1.82, 2.24) is 10.3 Å². The zero-order valence-electron chi connectivity index (χ0n) is 12.6. The van der Waals surface area contributed by atoms with Crippen LogP contribution in [0, 0.1) is 0 Å². The van der Waals surface area contributed by atoms with Gasteiger partial charge in [0.05, 0.1) is 22.1 Å². The average Bonchev–Trinajstić information content (AvgIpc) is 3.19. The summed E-state index contributed by atoms with van der Waals surface area (Å²) >= 11 is 7.65. The maximum Gasteiger partial charge on any atom is 0.253 e. The van der Waals surface area contributed by atoms with E-state index in [-0.39, 0.29) is 17.9 Å². The normalized spacial score (nSPS) is 15.7. The van der Waals surface area contributed by atoms with E-state index in [1.807, 2.05) is 6.92 Å². The molecule has 2 heterocycles. The molecule has 1 unspecified atom stereocenters. The van der Waals surface area contributed by atoms with Gasteiger partial charge in [-0.05, 0) is 31.5 Å². The molecule has 0 bridgehead atoms. The van der Waals surface area contributed by atoms with Gasteiger partial charge in [0.1, 0.15) is 0 Å². The maximum atomic E-state index is 12.5. The predicted octanol–water partition coefficient (Wildman–Crippen LogP) is 3.41. The first kappa shape index (κ1) is 16.0. The third-order valence-electron chi connectivity index (χ3n) is 3.81. The summed E-state index contributed by atoms with van der Waals surface area (Å²) in [6.07, 6.45) is 3.12. The van der Waals surface area contributed by atoms with Gasteiger partial charge in [-0.2, -0.15) is 0 Å². The van der Waals surface area contributed by atoms with Gasteiger partial charge in [0.2, 0.25) is 5.91 Å². The monoisotopic (exact) mass is 349 g/mol. The molecule has 3 rings (SSSR count). The Morgan fingerprint density at radius 2 is 2.30 bits per heavy atom. The molecule has 1 aromatic carbocycles. The van der Waals surface area contributed by atoms with Crippen molar-refractivity contribution in [2.45, 2.75) is 25.8 Å². The number of hydrogen-bond donors (Lipinski definition) is 1. The standard InChI is InChI=1S/C16H16ClN3O2S/c1-10(14-8-18-9-23-14)19-16(22)12-7-11(4-5-13(12)17)20-6-2-3-15(20)21/h4-5,7-10H,2-3,6H2,1H3,(H,19,22). The molecule has 0 aliphatic carbocycles. The van der Waals surface area contributed by atoms with Crippen LogP contribution in [0.5, 0.6) is 0 Å². The second kappa shape index (κ2) is 6.68. The van der Waals surface area contributed by atoms with Crippen molar-refractivity contribution in [3.63, 3.8) is 0 Å². The first-order valence-corrected chi connectivity index (χ1v) is 8.61. The van der Waals surface area contributed by atoms with Gasteiger partial charge >= 0.3 is 0 Å². The summed E-state index contributed by atoms with van der Waals surface area (Å²) in [6.45, 7) is 2.58. The van der Waals surface area contributed by atoms with Crippen molar-refractivity contribution < 1.29 is 9.59 Å². The summed E-state index contributed by atoms with van der Waals surface area (Å²) < 4.78 is 0. The molecule has 7 heteroatoms. The Morgan fingerprint density at radius 3 is 2.96 bits per heavy atom. The number of hydrogen-bond acceptors (Lipinski definition) is 4. The van der Waals surface area contributed by atoms with Crippen molar-refractivity contribution >= 4 is 40.4 Å². The van der Waals surface area contributed by atoms with Crippen LogP contribution in [-0.4, -0.2) is 23.3 Å². The lowest BCUT2D eigenvalue weighted by Crippen LogP contribution is -2.27. The lowest BCUT2D eigenvalue weighted by molar-refractivity contribution is -0.117. The van der Waals surface area contributed by atoms with E-state index in [2.05, 4.69) is 10.3 Å². The molecule has 1 atom stereocenters. The summed E-state index contributed by atoms with van der Waals surface area (Å²) in [5.41, 5.74) is 2.82. The van der Waals surface area contributed by atoms with Gasteiger partial charge in [-0.25, -0.2) is 0 Å². The number of nitrogens with one attached hydrogen (secondary N) is 1. The average molecular weight is 350 g/mol. The fourth-order valence-corrected chi connectivity index (χ4v) is 3.39. The fraction of sp³-hybridized carbons (Fsp3) is 0.312. The Hall–Kier alpha value is -1.92. The first-order chi connectivity index (χ1) is 11.1. The van der Waals surface area contributed by atoms with Crippen LogP contribution in [0.4, 0.5) is 5.69 Å². The minimum absolute atomic E-state index is 0.0803. The zero-order chi connectivity index (χ0) is 16.4. The molecule has 1 N–H and O–H groups in total. The molecule has 120 valence electrons. The van der Waals surface area contributed by atoms with Crippen molar-refractivity contribution in [3.8, 4) is 0 Å². The zero-order valence-corrected chi connectivity index (χ0v) is 14.2.